The molecule has 0 saturated carbocycles. The van der Waals surface area contributed by atoms with Crippen LogP contribution in [-0.4, -0.2) is 38.8 Å². The molecule has 5 heteroatoms. The first kappa shape index (κ1) is 16.0. The van der Waals surface area contributed by atoms with Crippen LogP contribution < -0.4 is 0 Å². The summed E-state index contributed by atoms with van der Waals surface area (Å²) in [4.78, 5) is 27.7. The number of benzene rings is 2. The lowest BCUT2D eigenvalue weighted by Crippen LogP contribution is -2.39. The molecule has 1 aliphatic rings. The number of hydrogen-bond donors (Lipinski definition) is 1. The fourth-order valence-electron chi connectivity index (χ4n) is 3.90. The van der Waals surface area contributed by atoms with E-state index in [2.05, 4.69) is 9.97 Å². The molecule has 1 fully saturated rings. The monoisotopic (exact) mass is 356 g/mol. The molecule has 27 heavy (non-hydrogen) atoms. The second kappa shape index (κ2) is 6.50. The summed E-state index contributed by atoms with van der Waals surface area (Å²) < 4.78 is 0. The van der Waals surface area contributed by atoms with Crippen molar-refractivity contribution >= 4 is 27.8 Å². The number of nitrogens with one attached hydrogen (secondary N) is 1. The molecule has 5 rings (SSSR count). The van der Waals surface area contributed by atoms with Crippen molar-refractivity contribution in [3.05, 3.63) is 72.2 Å². The van der Waals surface area contributed by atoms with Gasteiger partial charge in [-0.3, -0.25) is 4.79 Å². The first-order valence-electron chi connectivity index (χ1n) is 9.38. The zero-order valence-corrected chi connectivity index (χ0v) is 14.9. The number of H-pyrrole nitrogens is 1. The van der Waals surface area contributed by atoms with Gasteiger partial charge in [-0.25, -0.2) is 9.97 Å². The number of hydrogen-bond acceptors (Lipinski definition) is 3. The zero-order chi connectivity index (χ0) is 18.2. The standard InChI is InChI=1S/C22H20N4O/c27-22(20-12-11-15-6-1-2-8-17(15)23-20)26-13-5-7-16(14-26)21-24-18-9-3-4-10-19(18)25-21/h1-4,6,8-12,16H,5,7,13-14H2,(H,24,25). The van der Waals surface area contributed by atoms with Gasteiger partial charge in [-0.05, 0) is 37.1 Å². The highest BCUT2D eigenvalue weighted by Gasteiger charge is 2.28. The number of imidazole rings is 1. The van der Waals surface area contributed by atoms with E-state index in [1.165, 1.54) is 0 Å². The van der Waals surface area contributed by atoms with Gasteiger partial charge in [-0.2, -0.15) is 0 Å². The Hall–Kier alpha value is -3.21. The summed E-state index contributed by atoms with van der Waals surface area (Å²) in [6, 6.07) is 19.7. The summed E-state index contributed by atoms with van der Waals surface area (Å²) in [5, 5.41) is 1.05. The Bertz CT molecular complexity index is 1100. The van der Waals surface area contributed by atoms with Crippen molar-refractivity contribution in [1.82, 2.24) is 19.9 Å². The molecule has 2 aromatic heterocycles. The lowest BCUT2D eigenvalue weighted by molar-refractivity contribution is 0.0699. The van der Waals surface area contributed by atoms with Crippen LogP contribution in [-0.2, 0) is 0 Å². The number of carbonyl (C=O) groups excluding carboxylic acids is 1. The summed E-state index contributed by atoms with van der Waals surface area (Å²) in [6.07, 6.45) is 2.01. The normalized spacial score (nSPS) is 17.5. The van der Waals surface area contributed by atoms with Crippen molar-refractivity contribution in [3.8, 4) is 0 Å². The van der Waals surface area contributed by atoms with Gasteiger partial charge in [-0.1, -0.05) is 36.4 Å². The molecule has 1 unspecified atom stereocenters. The second-order valence-electron chi connectivity index (χ2n) is 7.12. The molecule has 0 aliphatic carbocycles. The predicted octanol–water partition coefficient (Wildman–Crippen LogP) is 4.13. The molecule has 0 radical (unpaired) electrons. The van der Waals surface area contributed by atoms with E-state index in [-0.39, 0.29) is 11.8 Å². The Morgan fingerprint density at radius 3 is 2.67 bits per heavy atom. The minimum Gasteiger partial charge on any atom is -0.342 e. The maximum Gasteiger partial charge on any atom is 0.272 e. The van der Waals surface area contributed by atoms with Crippen LogP contribution in [0.2, 0.25) is 0 Å². The summed E-state index contributed by atoms with van der Waals surface area (Å²) >= 11 is 0. The second-order valence-corrected chi connectivity index (χ2v) is 7.12. The first-order valence-corrected chi connectivity index (χ1v) is 9.38. The number of nitrogens with zero attached hydrogens (tertiary/aromatic N) is 3. The lowest BCUT2D eigenvalue weighted by Gasteiger charge is -2.31. The number of rotatable bonds is 2. The minimum absolute atomic E-state index is 0.00145. The number of carbonyl (C=O) groups is 1. The number of likely N-dealkylation sites (tertiary alicyclic amines) is 1. The molecule has 134 valence electrons. The molecular weight excluding hydrogens is 336 g/mol. The fourth-order valence-corrected chi connectivity index (χ4v) is 3.90. The predicted molar refractivity (Wildman–Crippen MR) is 106 cm³/mol. The first-order chi connectivity index (χ1) is 13.3. The van der Waals surface area contributed by atoms with Gasteiger partial charge < -0.3 is 9.88 Å². The van der Waals surface area contributed by atoms with Crippen molar-refractivity contribution in [1.29, 1.82) is 0 Å². The van der Waals surface area contributed by atoms with Crippen molar-refractivity contribution in [3.63, 3.8) is 0 Å². The van der Waals surface area contributed by atoms with Crippen LogP contribution in [0.4, 0.5) is 0 Å². The third-order valence-electron chi connectivity index (χ3n) is 5.32. The highest BCUT2D eigenvalue weighted by atomic mass is 16.2. The molecule has 0 bridgehead atoms. The molecule has 1 aliphatic heterocycles. The van der Waals surface area contributed by atoms with Crippen LogP contribution in [0.5, 0.6) is 0 Å². The van der Waals surface area contributed by atoms with Gasteiger partial charge in [0.1, 0.15) is 11.5 Å². The van der Waals surface area contributed by atoms with Crippen molar-refractivity contribution in [2.24, 2.45) is 0 Å². The van der Waals surface area contributed by atoms with E-state index in [0.717, 1.165) is 47.1 Å². The van der Waals surface area contributed by atoms with E-state index in [0.29, 0.717) is 12.2 Å². The average Bonchev–Trinajstić information content (AvgIpc) is 3.17. The van der Waals surface area contributed by atoms with Gasteiger partial charge in [0.25, 0.3) is 5.91 Å². The van der Waals surface area contributed by atoms with Gasteiger partial charge in [0.15, 0.2) is 0 Å². The van der Waals surface area contributed by atoms with Crippen molar-refractivity contribution in [2.45, 2.75) is 18.8 Å². The van der Waals surface area contributed by atoms with E-state index in [1.807, 2.05) is 65.6 Å². The van der Waals surface area contributed by atoms with E-state index in [4.69, 9.17) is 4.98 Å². The van der Waals surface area contributed by atoms with E-state index in [9.17, 15) is 4.79 Å². The molecule has 3 heterocycles. The quantitative estimate of drug-likeness (QED) is 0.587. The van der Waals surface area contributed by atoms with Gasteiger partial charge in [0.05, 0.1) is 16.6 Å². The molecular formula is C22H20N4O. The molecule has 4 aromatic rings. The Balaban J connectivity index is 1.40. The third-order valence-corrected chi connectivity index (χ3v) is 5.32. The summed E-state index contributed by atoms with van der Waals surface area (Å²) in [5.74, 6) is 1.21. The topological polar surface area (TPSA) is 61.9 Å². The summed E-state index contributed by atoms with van der Waals surface area (Å²) in [6.45, 7) is 1.44. The minimum atomic E-state index is 0.00145. The Labute approximate surface area is 157 Å². The number of piperidine rings is 1. The Kier molecular flexibility index (Phi) is 3.85. The number of pyridine rings is 1. The SMILES string of the molecule is O=C(c1ccc2ccccc2n1)N1CCCC(c2nc3ccccc3[nH]2)C1. The molecule has 5 nitrogen and oxygen atoms in total. The highest BCUT2D eigenvalue weighted by Crippen LogP contribution is 2.27. The lowest BCUT2D eigenvalue weighted by atomic mass is 9.97. The maximum absolute atomic E-state index is 13.0. The number of aromatic nitrogens is 3. The van der Waals surface area contributed by atoms with Gasteiger partial charge in [0.2, 0.25) is 0 Å². The smallest absolute Gasteiger partial charge is 0.272 e. The van der Waals surface area contributed by atoms with Gasteiger partial charge in [0, 0.05) is 24.4 Å². The number of aromatic amines is 1. The molecule has 1 saturated heterocycles. The van der Waals surface area contributed by atoms with Gasteiger partial charge >= 0.3 is 0 Å². The Morgan fingerprint density at radius 2 is 1.78 bits per heavy atom. The average molecular weight is 356 g/mol. The molecule has 2 aromatic carbocycles. The largest absolute Gasteiger partial charge is 0.342 e. The maximum atomic E-state index is 13.0. The van der Waals surface area contributed by atoms with Gasteiger partial charge in [-0.15, -0.1) is 0 Å². The molecule has 1 amide bonds. The van der Waals surface area contributed by atoms with E-state index in [1.54, 1.807) is 0 Å². The molecule has 0 spiro atoms. The fraction of sp³-hybridized carbons (Fsp3) is 0.227. The third kappa shape index (κ3) is 2.95. The van der Waals surface area contributed by atoms with Crippen LogP contribution in [0.15, 0.2) is 60.7 Å². The summed E-state index contributed by atoms with van der Waals surface area (Å²) in [7, 11) is 0. The Morgan fingerprint density at radius 1 is 0.963 bits per heavy atom. The van der Waals surface area contributed by atoms with Crippen LogP contribution in [0.25, 0.3) is 21.9 Å². The number of fused-ring (bicyclic) bond motifs is 2. The van der Waals surface area contributed by atoms with Crippen molar-refractivity contribution < 1.29 is 4.79 Å². The van der Waals surface area contributed by atoms with E-state index >= 15 is 0 Å². The zero-order valence-electron chi connectivity index (χ0n) is 14.9. The highest BCUT2D eigenvalue weighted by molar-refractivity contribution is 5.95. The van der Waals surface area contributed by atoms with E-state index < -0.39 is 0 Å². The molecule has 1 N–H and O–H groups in total. The van der Waals surface area contributed by atoms with Crippen LogP contribution in [0.3, 0.4) is 0 Å². The summed E-state index contributed by atoms with van der Waals surface area (Å²) in [5.41, 5.74) is 3.40. The number of amides is 1. The van der Waals surface area contributed by atoms with Crippen molar-refractivity contribution in [2.75, 3.05) is 13.1 Å². The molecule has 1 atom stereocenters. The van der Waals surface area contributed by atoms with Crippen LogP contribution >= 0.6 is 0 Å². The van der Waals surface area contributed by atoms with Crippen LogP contribution in [0.1, 0.15) is 35.1 Å². The van der Waals surface area contributed by atoms with Crippen LogP contribution in [0, 0.1) is 0 Å². The number of para-hydroxylation sites is 3.